The zero-order chi connectivity index (χ0) is 11.8. The van der Waals surface area contributed by atoms with Crippen LogP contribution in [0.15, 0.2) is 24.3 Å². The molecule has 0 spiro atoms. The summed E-state index contributed by atoms with van der Waals surface area (Å²) < 4.78 is 5.79. The number of hydrogen-bond acceptors (Lipinski definition) is 2. The van der Waals surface area contributed by atoms with Gasteiger partial charge in [0, 0.05) is 6.54 Å². The van der Waals surface area contributed by atoms with Crippen molar-refractivity contribution in [1.82, 2.24) is 5.32 Å². The summed E-state index contributed by atoms with van der Waals surface area (Å²) in [5.74, 6) is 0.963. The van der Waals surface area contributed by atoms with E-state index in [9.17, 15) is 0 Å². The Balaban J connectivity index is 2.41. The zero-order valence-electron chi connectivity index (χ0n) is 10.6. The van der Waals surface area contributed by atoms with Gasteiger partial charge in [0.25, 0.3) is 0 Å². The van der Waals surface area contributed by atoms with E-state index in [2.05, 4.69) is 50.4 Å². The summed E-state index contributed by atoms with van der Waals surface area (Å²) in [6.07, 6.45) is 2.56. The number of hydrogen-bond donors (Lipinski definition) is 1. The van der Waals surface area contributed by atoms with Gasteiger partial charge in [0.2, 0.25) is 0 Å². The quantitative estimate of drug-likeness (QED) is 0.764. The monoisotopic (exact) mass is 221 g/mol. The highest BCUT2D eigenvalue weighted by Crippen LogP contribution is 2.14. The molecule has 0 aliphatic heterocycles. The van der Waals surface area contributed by atoms with Crippen LogP contribution >= 0.6 is 0 Å². The van der Waals surface area contributed by atoms with Gasteiger partial charge < -0.3 is 10.1 Å². The molecule has 0 aromatic heterocycles. The Morgan fingerprint density at radius 1 is 1.19 bits per heavy atom. The third-order valence-corrected chi connectivity index (χ3v) is 2.48. The lowest BCUT2D eigenvalue weighted by molar-refractivity contribution is 0.218. The summed E-state index contributed by atoms with van der Waals surface area (Å²) >= 11 is 0. The van der Waals surface area contributed by atoms with Crippen LogP contribution in [0.4, 0.5) is 0 Å². The first-order valence-electron chi connectivity index (χ1n) is 6.22. The van der Waals surface area contributed by atoms with Gasteiger partial charge in [-0.15, -0.1) is 0 Å². The van der Waals surface area contributed by atoms with E-state index in [1.165, 1.54) is 12.0 Å². The largest absolute Gasteiger partial charge is 0.489 e. The minimum absolute atomic E-state index is 0.219. The Morgan fingerprint density at radius 3 is 2.44 bits per heavy atom. The van der Waals surface area contributed by atoms with Crippen LogP contribution < -0.4 is 10.1 Å². The van der Waals surface area contributed by atoms with E-state index in [0.717, 1.165) is 25.3 Å². The number of benzene rings is 1. The second-order valence-electron chi connectivity index (χ2n) is 4.13. The molecule has 0 amide bonds. The minimum Gasteiger partial charge on any atom is -0.489 e. The van der Waals surface area contributed by atoms with Crippen molar-refractivity contribution in [3.63, 3.8) is 0 Å². The minimum atomic E-state index is 0.219. The summed E-state index contributed by atoms with van der Waals surface area (Å²) in [5, 5.41) is 3.27. The smallest absolute Gasteiger partial charge is 0.119 e. The molecule has 16 heavy (non-hydrogen) atoms. The lowest BCUT2D eigenvalue weighted by Crippen LogP contribution is -2.28. The van der Waals surface area contributed by atoms with E-state index in [0.29, 0.717) is 0 Å². The molecule has 0 bridgehead atoms. The fourth-order valence-corrected chi connectivity index (χ4v) is 1.64. The first kappa shape index (κ1) is 13.0. The van der Waals surface area contributed by atoms with Crippen molar-refractivity contribution in [2.45, 2.75) is 39.7 Å². The summed E-state index contributed by atoms with van der Waals surface area (Å²) in [5.41, 5.74) is 1.38. The van der Waals surface area contributed by atoms with Gasteiger partial charge in [-0.3, -0.25) is 0 Å². The van der Waals surface area contributed by atoms with Gasteiger partial charge in [-0.2, -0.15) is 0 Å². The van der Waals surface area contributed by atoms with Crippen LogP contribution in [-0.2, 0) is 6.42 Å². The first-order valence-corrected chi connectivity index (χ1v) is 6.22. The maximum absolute atomic E-state index is 5.79. The van der Waals surface area contributed by atoms with Gasteiger partial charge in [-0.1, -0.05) is 32.4 Å². The summed E-state index contributed by atoms with van der Waals surface area (Å²) in [4.78, 5) is 0. The zero-order valence-corrected chi connectivity index (χ0v) is 10.6. The normalized spacial score (nSPS) is 12.4. The predicted molar refractivity (Wildman–Crippen MR) is 69.1 cm³/mol. The molecule has 1 N–H and O–H groups in total. The number of likely N-dealkylation sites (N-methyl/N-ethyl adjacent to an activating group) is 1. The van der Waals surface area contributed by atoms with E-state index in [1.807, 2.05) is 0 Å². The van der Waals surface area contributed by atoms with Gasteiger partial charge >= 0.3 is 0 Å². The Bertz CT molecular complexity index is 281. The number of rotatable bonds is 7. The first-order chi connectivity index (χ1) is 7.76. The van der Waals surface area contributed by atoms with Crippen molar-refractivity contribution in [3.8, 4) is 5.75 Å². The number of nitrogens with one attached hydrogen (secondary N) is 1. The standard InChI is InChI=1S/C14H23NO/c1-4-6-13-7-9-14(10-8-13)16-12(3)11-15-5-2/h7-10,12,15H,4-6,11H2,1-3H3. The van der Waals surface area contributed by atoms with Crippen molar-refractivity contribution in [2.24, 2.45) is 0 Å². The SMILES string of the molecule is CCCc1ccc(OC(C)CNCC)cc1. The average Bonchev–Trinajstić information content (AvgIpc) is 2.29. The summed E-state index contributed by atoms with van der Waals surface area (Å²) in [7, 11) is 0. The molecule has 0 saturated carbocycles. The molecule has 1 unspecified atom stereocenters. The molecule has 0 aliphatic rings. The Morgan fingerprint density at radius 2 is 1.88 bits per heavy atom. The molecular formula is C14H23NO. The maximum atomic E-state index is 5.79. The van der Waals surface area contributed by atoms with Crippen LogP contribution in [-0.4, -0.2) is 19.2 Å². The highest BCUT2D eigenvalue weighted by atomic mass is 16.5. The van der Waals surface area contributed by atoms with E-state index >= 15 is 0 Å². The van der Waals surface area contributed by atoms with Crippen LogP contribution in [0.25, 0.3) is 0 Å². The van der Waals surface area contributed by atoms with Crippen molar-refractivity contribution < 1.29 is 4.74 Å². The lowest BCUT2D eigenvalue weighted by Gasteiger charge is -2.15. The van der Waals surface area contributed by atoms with Crippen LogP contribution in [0.5, 0.6) is 5.75 Å². The second-order valence-corrected chi connectivity index (χ2v) is 4.13. The van der Waals surface area contributed by atoms with Crippen LogP contribution in [0.3, 0.4) is 0 Å². The molecule has 0 fully saturated rings. The fourth-order valence-electron chi connectivity index (χ4n) is 1.64. The second kappa shape index (κ2) is 7.29. The Hall–Kier alpha value is -1.02. The van der Waals surface area contributed by atoms with Gasteiger partial charge in [0.05, 0.1) is 0 Å². The molecule has 0 radical (unpaired) electrons. The summed E-state index contributed by atoms with van der Waals surface area (Å²) in [6.45, 7) is 8.27. The highest BCUT2D eigenvalue weighted by molar-refractivity contribution is 5.27. The topological polar surface area (TPSA) is 21.3 Å². The van der Waals surface area contributed by atoms with E-state index in [-0.39, 0.29) is 6.10 Å². The van der Waals surface area contributed by atoms with Crippen molar-refractivity contribution in [2.75, 3.05) is 13.1 Å². The predicted octanol–water partition coefficient (Wildman–Crippen LogP) is 3.02. The summed E-state index contributed by atoms with van der Waals surface area (Å²) in [6, 6.07) is 8.43. The van der Waals surface area contributed by atoms with Crippen molar-refractivity contribution >= 4 is 0 Å². The van der Waals surface area contributed by atoms with Gasteiger partial charge in [0.1, 0.15) is 11.9 Å². The number of ether oxygens (including phenoxy) is 1. The molecule has 90 valence electrons. The van der Waals surface area contributed by atoms with E-state index in [4.69, 9.17) is 4.74 Å². The lowest BCUT2D eigenvalue weighted by atomic mass is 10.1. The van der Waals surface area contributed by atoms with Crippen LogP contribution in [0.1, 0.15) is 32.8 Å². The molecule has 1 aromatic rings. The molecule has 2 nitrogen and oxygen atoms in total. The fraction of sp³-hybridized carbons (Fsp3) is 0.571. The molecule has 1 atom stereocenters. The highest BCUT2D eigenvalue weighted by Gasteiger charge is 2.02. The van der Waals surface area contributed by atoms with E-state index in [1.54, 1.807) is 0 Å². The molecular weight excluding hydrogens is 198 g/mol. The Kier molecular flexibility index (Phi) is 5.94. The molecule has 1 rings (SSSR count). The molecule has 1 aromatic carbocycles. The Labute approximate surface area is 99.0 Å². The number of aryl methyl sites for hydroxylation is 1. The van der Waals surface area contributed by atoms with Crippen molar-refractivity contribution in [1.29, 1.82) is 0 Å². The molecule has 2 heteroatoms. The third kappa shape index (κ3) is 4.67. The van der Waals surface area contributed by atoms with E-state index < -0.39 is 0 Å². The average molecular weight is 221 g/mol. The van der Waals surface area contributed by atoms with Crippen LogP contribution in [0, 0.1) is 0 Å². The van der Waals surface area contributed by atoms with Gasteiger partial charge in [0.15, 0.2) is 0 Å². The molecule has 0 aliphatic carbocycles. The maximum Gasteiger partial charge on any atom is 0.119 e. The molecule has 0 heterocycles. The molecule has 0 saturated heterocycles. The van der Waals surface area contributed by atoms with Gasteiger partial charge in [-0.05, 0) is 37.6 Å². The van der Waals surface area contributed by atoms with Crippen LogP contribution in [0.2, 0.25) is 0 Å². The van der Waals surface area contributed by atoms with Gasteiger partial charge in [-0.25, -0.2) is 0 Å². The van der Waals surface area contributed by atoms with Crippen molar-refractivity contribution in [3.05, 3.63) is 29.8 Å². The third-order valence-electron chi connectivity index (χ3n) is 2.48.